The van der Waals surface area contributed by atoms with Crippen molar-refractivity contribution in [2.45, 2.75) is 38.6 Å². The number of hydroxylamine groups is 1. The second-order valence-electron chi connectivity index (χ2n) is 7.30. The minimum atomic E-state index is -0.393. The summed E-state index contributed by atoms with van der Waals surface area (Å²) in [5.74, 6) is -0.700. The summed E-state index contributed by atoms with van der Waals surface area (Å²) in [6, 6.07) is 14.4. The van der Waals surface area contributed by atoms with Gasteiger partial charge in [-0.05, 0) is 42.2 Å². The number of rotatable bonds is 10. The molecule has 0 fully saturated rings. The van der Waals surface area contributed by atoms with E-state index >= 15 is 0 Å². The van der Waals surface area contributed by atoms with Crippen molar-refractivity contribution in [2.24, 2.45) is 0 Å². The van der Waals surface area contributed by atoms with E-state index in [9.17, 15) is 14.0 Å². The van der Waals surface area contributed by atoms with E-state index in [2.05, 4.69) is 9.88 Å². The highest BCUT2D eigenvalue weighted by Gasteiger charge is 2.12. The maximum atomic E-state index is 13.2. The molecule has 3 N–H and O–H groups in total. The molecule has 3 rings (SSSR count). The molecule has 0 saturated heterocycles. The zero-order chi connectivity index (χ0) is 21.3. The third kappa shape index (κ3) is 5.90. The van der Waals surface area contributed by atoms with Crippen molar-refractivity contribution in [3.63, 3.8) is 0 Å². The van der Waals surface area contributed by atoms with E-state index in [1.807, 2.05) is 30.5 Å². The SMILES string of the molecule is O=C(CCCCCNC(=O)Cc1cn(Cc2ccc(F)cc2)c2ccccc12)NO. The van der Waals surface area contributed by atoms with Gasteiger partial charge in [-0.3, -0.25) is 14.8 Å². The highest BCUT2D eigenvalue weighted by atomic mass is 19.1. The molecule has 1 aromatic heterocycles. The van der Waals surface area contributed by atoms with Crippen LogP contribution in [0.15, 0.2) is 54.7 Å². The average molecular weight is 411 g/mol. The van der Waals surface area contributed by atoms with E-state index in [4.69, 9.17) is 5.21 Å². The number of carbonyl (C=O) groups excluding carboxylic acids is 2. The monoisotopic (exact) mass is 411 g/mol. The van der Waals surface area contributed by atoms with Gasteiger partial charge < -0.3 is 9.88 Å². The zero-order valence-electron chi connectivity index (χ0n) is 16.7. The number of benzene rings is 2. The molecule has 0 aliphatic heterocycles. The Balaban J connectivity index is 1.57. The summed E-state index contributed by atoms with van der Waals surface area (Å²) in [4.78, 5) is 23.3. The third-order valence-electron chi connectivity index (χ3n) is 5.02. The normalized spacial score (nSPS) is 10.9. The first-order valence-corrected chi connectivity index (χ1v) is 10.1. The molecule has 2 aromatic carbocycles. The minimum absolute atomic E-state index is 0.0483. The van der Waals surface area contributed by atoms with E-state index < -0.39 is 5.91 Å². The van der Waals surface area contributed by atoms with Crippen LogP contribution >= 0.6 is 0 Å². The number of aromatic nitrogens is 1. The molecule has 3 aromatic rings. The summed E-state index contributed by atoms with van der Waals surface area (Å²) in [6.07, 6.45) is 4.78. The number of para-hydroxylation sites is 1. The van der Waals surface area contributed by atoms with Gasteiger partial charge in [0.1, 0.15) is 5.82 Å². The molecule has 158 valence electrons. The van der Waals surface area contributed by atoms with Crippen LogP contribution in [-0.4, -0.2) is 28.1 Å². The highest BCUT2D eigenvalue weighted by molar-refractivity contribution is 5.89. The Kier molecular flexibility index (Phi) is 7.57. The van der Waals surface area contributed by atoms with E-state index in [0.717, 1.165) is 34.9 Å². The van der Waals surface area contributed by atoms with Gasteiger partial charge in [-0.15, -0.1) is 0 Å². The number of hydrogen-bond acceptors (Lipinski definition) is 3. The van der Waals surface area contributed by atoms with Crippen molar-refractivity contribution in [1.82, 2.24) is 15.4 Å². The summed E-state index contributed by atoms with van der Waals surface area (Å²) < 4.78 is 15.2. The number of nitrogens with one attached hydrogen (secondary N) is 2. The van der Waals surface area contributed by atoms with E-state index in [0.29, 0.717) is 19.5 Å². The van der Waals surface area contributed by atoms with Crippen molar-refractivity contribution in [3.8, 4) is 0 Å². The predicted octanol–water partition coefficient (Wildman–Crippen LogP) is 3.55. The first-order valence-electron chi connectivity index (χ1n) is 10.1. The predicted molar refractivity (Wildman–Crippen MR) is 113 cm³/mol. The van der Waals surface area contributed by atoms with Crippen LogP contribution in [0, 0.1) is 5.82 Å². The topological polar surface area (TPSA) is 83.4 Å². The van der Waals surface area contributed by atoms with Crippen LogP contribution in [0.3, 0.4) is 0 Å². The Labute approximate surface area is 174 Å². The molecule has 0 unspecified atom stereocenters. The van der Waals surface area contributed by atoms with Gasteiger partial charge in [0.05, 0.1) is 6.42 Å². The standard InChI is InChI=1S/C23H26FN3O3/c24-19-11-9-17(10-12-19)15-27-16-18(20-6-3-4-7-21(20)27)14-23(29)25-13-5-1-2-8-22(28)26-30/h3-4,6-7,9-12,16,30H,1-2,5,8,13-15H2,(H,25,29)(H,26,28). The Morgan fingerprint density at radius 1 is 0.967 bits per heavy atom. The fourth-order valence-corrected chi connectivity index (χ4v) is 3.49. The van der Waals surface area contributed by atoms with Gasteiger partial charge in [0.2, 0.25) is 11.8 Å². The third-order valence-corrected chi connectivity index (χ3v) is 5.02. The van der Waals surface area contributed by atoms with Crippen LogP contribution in [0.25, 0.3) is 10.9 Å². The molecule has 0 saturated carbocycles. The lowest BCUT2D eigenvalue weighted by molar-refractivity contribution is -0.129. The van der Waals surface area contributed by atoms with Gasteiger partial charge in [0, 0.05) is 36.6 Å². The quantitative estimate of drug-likeness (QED) is 0.271. The van der Waals surface area contributed by atoms with Crippen molar-refractivity contribution in [2.75, 3.05) is 6.54 Å². The molecule has 0 aliphatic carbocycles. The second kappa shape index (κ2) is 10.5. The molecular weight excluding hydrogens is 385 g/mol. The van der Waals surface area contributed by atoms with Gasteiger partial charge in [-0.1, -0.05) is 36.8 Å². The van der Waals surface area contributed by atoms with Gasteiger partial charge in [-0.2, -0.15) is 0 Å². The lowest BCUT2D eigenvalue weighted by atomic mass is 10.1. The van der Waals surface area contributed by atoms with Crippen molar-refractivity contribution in [1.29, 1.82) is 0 Å². The number of halogens is 1. The summed E-state index contributed by atoms with van der Waals surface area (Å²) in [6.45, 7) is 1.15. The highest BCUT2D eigenvalue weighted by Crippen LogP contribution is 2.23. The number of hydrogen-bond donors (Lipinski definition) is 3. The molecule has 7 heteroatoms. The van der Waals surface area contributed by atoms with Gasteiger partial charge in [-0.25, -0.2) is 9.87 Å². The molecule has 0 spiro atoms. The number of fused-ring (bicyclic) bond motifs is 1. The Bertz CT molecular complexity index is 999. The summed E-state index contributed by atoms with van der Waals surface area (Å²) in [5.41, 5.74) is 4.58. The lowest BCUT2D eigenvalue weighted by Gasteiger charge is -2.05. The average Bonchev–Trinajstić information content (AvgIpc) is 3.09. The number of nitrogens with zero attached hydrogens (tertiary/aromatic N) is 1. The summed E-state index contributed by atoms with van der Waals surface area (Å²) in [5, 5.41) is 12.4. The maximum absolute atomic E-state index is 13.2. The molecule has 0 radical (unpaired) electrons. The molecule has 1 heterocycles. The van der Waals surface area contributed by atoms with Gasteiger partial charge in [0.15, 0.2) is 0 Å². The first kappa shape index (κ1) is 21.5. The van der Waals surface area contributed by atoms with Crippen molar-refractivity contribution < 1.29 is 19.2 Å². The summed E-state index contributed by atoms with van der Waals surface area (Å²) >= 11 is 0. The molecule has 30 heavy (non-hydrogen) atoms. The van der Waals surface area contributed by atoms with E-state index in [-0.39, 0.29) is 24.6 Å². The Morgan fingerprint density at radius 2 is 1.73 bits per heavy atom. The van der Waals surface area contributed by atoms with Crippen LogP contribution in [-0.2, 0) is 22.6 Å². The number of amides is 2. The van der Waals surface area contributed by atoms with Crippen molar-refractivity contribution in [3.05, 3.63) is 71.7 Å². The van der Waals surface area contributed by atoms with Crippen LogP contribution < -0.4 is 10.8 Å². The Morgan fingerprint density at radius 3 is 2.50 bits per heavy atom. The van der Waals surface area contributed by atoms with E-state index in [1.54, 1.807) is 17.6 Å². The van der Waals surface area contributed by atoms with Crippen LogP contribution in [0.1, 0.15) is 36.8 Å². The van der Waals surface area contributed by atoms with Crippen LogP contribution in [0.5, 0.6) is 0 Å². The second-order valence-corrected chi connectivity index (χ2v) is 7.30. The number of carbonyl (C=O) groups is 2. The molecular formula is C23H26FN3O3. The van der Waals surface area contributed by atoms with Crippen molar-refractivity contribution >= 4 is 22.7 Å². The lowest BCUT2D eigenvalue weighted by Crippen LogP contribution is -2.26. The smallest absolute Gasteiger partial charge is 0.243 e. The minimum Gasteiger partial charge on any atom is -0.356 e. The molecule has 0 atom stereocenters. The fourth-order valence-electron chi connectivity index (χ4n) is 3.49. The molecule has 2 amide bonds. The fraction of sp³-hybridized carbons (Fsp3) is 0.304. The molecule has 0 bridgehead atoms. The first-order chi connectivity index (χ1) is 14.6. The van der Waals surface area contributed by atoms with Crippen LogP contribution in [0.4, 0.5) is 4.39 Å². The Hall–Kier alpha value is -3.19. The largest absolute Gasteiger partial charge is 0.356 e. The van der Waals surface area contributed by atoms with Crippen LogP contribution in [0.2, 0.25) is 0 Å². The number of unbranched alkanes of at least 4 members (excludes halogenated alkanes) is 2. The van der Waals surface area contributed by atoms with Gasteiger partial charge in [0.25, 0.3) is 0 Å². The molecule has 0 aliphatic rings. The van der Waals surface area contributed by atoms with E-state index in [1.165, 1.54) is 12.1 Å². The molecule has 6 nitrogen and oxygen atoms in total. The summed E-state index contributed by atoms with van der Waals surface area (Å²) in [7, 11) is 0. The van der Waals surface area contributed by atoms with Gasteiger partial charge >= 0.3 is 0 Å². The maximum Gasteiger partial charge on any atom is 0.243 e. The zero-order valence-corrected chi connectivity index (χ0v) is 16.7.